The summed E-state index contributed by atoms with van der Waals surface area (Å²) >= 11 is 6.32. The summed E-state index contributed by atoms with van der Waals surface area (Å²) < 4.78 is 2.02. The van der Waals surface area contributed by atoms with Crippen molar-refractivity contribution in [1.82, 2.24) is 15.1 Å². The summed E-state index contributed by atoms with van der Waals surface area (Å²) in [6.07, 6.45) is 8.11. The number of halogens is 1. The fourth-order valence-corrected chi connectivity index (χ4v) is 2.96. The highest BCUT2D eigenvalue weighted by Gasteiger charge is 2.15. The standard InChI is InChI=1S/C14H24ClN3/c1-3-18-13(14(15)11(2)17-18)10-16-12-8-6-4-5-7-9-12/h12,16H,3-10H2,1-2H3. The first-order chi connectivity index (χ1) is 8.72. The molecule has 1 aromatic heterocycles. The van der Waals surface area contributed by atoms with Crippen LogP contribution in [0, 0.1) is 6.92 Å². The van der Waals surface area contributed by atoms with Gasteiger partial charge < -0.3 is 5.32 Å². The van der Waals surface area contributed by atoms with E-state index in [0.717, 1.165) is 29.5 Å². The lowest BCUT2D eigenvalue weighted by Gasteiger charge is -2.16. The highest BCUT2D eigenvalue weighted by molar-refractivity contribution is 6.31. The second kappa shape index (κ2) is 6.58. The van der Waals surface area contributed by atoms with E-state index in [4.69, 9.17) is 11.6 Å². The van der Waals surface area contributed by atoms with Crippen LogP contribution in [0.2, 0.25) is 5.02 Å². The number of nitrogens with one attached hydrogen (secondary N) is 1. The lowest BCUT2D eigenvalue weighted by atomic mass is 10.1. The first kappa shape index (κ1) is 13.9. The molecule has 0 bridgehead atoms. The molecule has 1 fully saturated rings. The summed E-state index contributed by atoms with van der Waals surface area (Å²) in [7, 11) is 0. The molecule has 18 heavy (non-hydrogen) atoms. The molecule has 0 amide bonds. The molecular formula is C14H24ClN3. The van der Waals surface area contributed by atoms with Crippen LogP contribution in [0.4, 0.5) is 0 Å². The van der Waals surface area contributed by atoms with Crippen molar-refractivity contribution < 1.29 is 0 Å². The lowest BCUT2D eigenvalue weighted by molar-refractivity contribution is 0.446. The maximum absolute atomic E-state index is 6.32. The van der Waals surface area contributed by atoms with Crippen molar-refractivity contribution in [3.8, 4) is 0 Å². The third-order valence-corrected chi connectivity index (χ3v) is 4.36. The van der Waals surface area contributed by atoms with Crippen molar-refractivity contribution in [2.24, 2.45) is 0 Å². The van der Waals surface area contributed by atoms with Gasteiger partial charge in [-0.2, -0.15) is 5.10 Å². The van der Waals surface area contributed by atoms with E-state index < -0.39 is 0 Å². The molecule has 0 atom stereocenters. The smallest absolute Gasteiger partial charge is 0.0860 e. The maximum atomic E-state index is 6.32. The number of aromatic nitrogens is 2. The quantitative estimate of drug-likeness (QED) is 0.845. The van der Waals surface area contributed by atoms with Crippen molar-refractivity contribution in [3.63, 3.8) is 0 Å². The summed E-state index contributed by atoms with van der Waals surface area (Å²) in [5.74, 6) is 0. The highest BCUT2D eigenvalue weighted by Crippen LogP contribution is 2.22. The van der Waals surface area contributed by atoms with Crippen molar-refractivity contribution in [1.29, 1.82) is 0 Å². The zero-order valence-electron chi connectivity index (χ0n) is 11.5. The Hall–Kier alpha value is -0.540. The Morgan fingerprint density at radius 2 is 1.94 bits per heavy atom. The van der Waals surface area contributed by atoms with Crippen LogP contribution in [0.1, 0.15) is 56.8 Å². The number of rotatable bonds is 4. The SMILES string of the molecule is CCn1nc(C)c(Cl)c1CNC1CCCCCC1. The van der Waals surface area contributed by atoms with E-state index in [9.17, 15) is 0 Å². The predicted octanol–water partition coefficient (Wildman–Crippen LogP) is 3.68. The minimum atomic E-state index is 0.657. The Kier molecular flexibility index (Phi) is 5.07. The molecule has 4 heteroatoms. The number of hydrogen-bond donors (Lipinski definition) is 1. The van der Waals surface area contributed by atoms with Gasteiger partial charge in [-0.25, -0.2) is 0 Å². The van der Waals surface area contributed by atoms with Crippen molar-refractivity contribution in [3.05, 3.63) is 16.4 Å². The number of aryl methyl sites for hydroxylation is 2. The Morgan fingerprint density at radius 3 is 2.56 bits per heavy atom. The van der Waals surface area contributed by atoms with E-state index >= 15 is 0 Å². The molecular weight excluding hydrogens is 246 g/mol. The predicted molar refractivity (Wildman–Crippen MR) is 76.0 cm³/mol. The van der Waals surface area contributed by atoms with Gasteiger partial charge in [0.25, 0.3) is 0 Å². The van der Waals surface area contributed by atoms with Gasteiger partial charge in [-0.05, 0) is 26.7 Å². The van der Waals surface area contributed by atoms with Gasteiger partial charge in [-0.3, -0.25) is 4.68 Å². The summed E-state index contributed by atoms with van der Waals surface area (Å²) in [5, 5.41) is 8.95. The normalized spacial score (nSPS) is 17.9. The Bertz CT molecular complexity index is 379. The third kappa shape index (κ3) is 3.27. The van der Waals surface area contributed by atoms with E-state index in [1.54, 1.807) is 0 Å². The Balaban J connectivity index is 1.96. The Morgan fingerprint density at radius 1 is 1.28 bits per heavy atom. The fraction of sp³-hybridized carbons (Fsp3) is 0.786. The van der Waals surface area contributed by atoms with Crippen molar-refractivity contribution >= 4 is 11.6 Å². The average Bonchev–Trinajstić information content (AvgIpc) is 2.59. The maximum Gasteiger partial charge on any atom is 0.0860 e. The van der Waals surface area contributed by atoms with Crippen LogP contribution in [-0.4, -0.2) is 15.8 Å². The third-order valence-electron chi connectivity index (χ3n) is 3.87. The number of hydrogen-bond acceptors (Lipinski definition) is 2. The van der Waals surface area contributed by atoms with Crippen LogP contribution in [0.15, 0.2) is 0 Å². The van der Waals surface area contributed by atoms with Crippen molar-refractivity contribution in [2.45, 2.75) is 71.5 Å². The Labute approximate surface area is 115 Å². The molecule has 1 heterocycles. The minimum Gasteiger partial charge on any atom is -0.308 e. The molecule has 3 nitrogen and oxygen atoms in total. The molecule has 0 radical (unpaired) electrons. The summed E-state index contributed by atoms with van der Waals surface area (Å²) in [6, 6.07) is 0.657. The van der Waals surface area contributed by atoms with Gasteiger partial charge in [0.15, 0.2) is 0 Å². The average molecular weight is 270 g/mol. The van der Waals surface area contributed by atoms with Crippen LogP contribution in [0.25, 0.3) is 0 Å². The summed E-state index contributed by atoms with van der Waals surface area (Å²) in [4.78, 5) is 0. The topological polar surface area (TPSA) is 29.9 Å². The highest BCUT2D eigenvalue weighted by atomic mass is 35.5. The monoisotopic (exact) mass is 269 g/mol. The molecule has 1 N–H and O–H groups in total. The van der Waals surface area contributed by atoms with E-state index in [-0.39, 0.29) is 0 Å². The van der Waals surface area contributed by atoms with Gasteiger partial charge >= 0.3 is 0 Å². The van der Waals surface area contributed by atoms with Crippen molar-refractivity contribution in [2.75, 3.05) is 0 Å². The summed E-state index contributed by atoms with van der Waals surface area (Å²) in [6.45, 7) is 5.81. The van der Waals surface area contributed by atoms with Crippen LogP contribution >= 0.6 is 11.6 Å². The molecule has 0 aliphatic heterocycles. The largest absolute Gasteiger partial charge is 0.308 e. The van der Waals surface area contributed by atoms with Crippen LogP contribution in [-0.2, 0) is 13.1 Å². The van der Waals surface area contributed by atoms with Crippen LogP contribution in [0.3, 0.4) is 0 Å². The molecule has 0 saturated heterocycles. The zero-order chi connectivity index (χ0) is 13.0. The molecule has 1 saturated carbocycles. The second-order valence-electron chi connectivity index (χ2n) is 5.23. The van der Waals surface area contributed by atoms with Crippen LogP contribution < -0.4 is 5.32 Å². The van der Waals surface area contributed by atoms with Gasteiger partial charge in [-0.15, -0.1) is 0 Å². The van der Waals surface area contributed by atoms with Gasteiger partial charge in [0.1, 0.15) is 0 Å². The molecule has 1 aliphatic rings. The molecule has 0 unspecified atom stereocenters. The van der Waals surface area contributed by atoms with E-state index in [2.05, 4.69) is 17.3 Å². The van der Waals surface area contributed by atoms with Gasteiger partial charge in [0, 0.05) is 19.1 Å². The van der Waals surface area contributed by atoms with Gasteiger partial charge in [0.2, 0.25) is 0 Å². The minimum absolute atomic E-state index is 0.657. The fourth-order valence-electron chi connectivity index (χ4n) is 2.76. The van der Waals surface area contributed by atoms with E-state index in [1.165, 1.54) is 38.5 Å². The van der Waals surface area contributed by atoms with Crippen LogP contribution in [0.5, 0.6) is 0 Å². The first-order valence-corrected chi connectivity index (χ1v) is 7.55. The zero-order valence-corrected chi connectivity index (χ0v) is 12.3. The van der Waals surface area contributed by atoms with E-state index in [1.807, 2.05) is 11.6 Å². The molecule has 1 aliphatic carbocycles. The molecule has 2 rings (SSSR count). The van der Waals surface area contributed by atoms with Gasteiger partial charge in [-0.1, -0.05) is 37.3 Å². The van der Waals surface area contributed by atoms with Gasteiger partial charge in [0.05, 0.1) is 16.4 Å². The molecule has 102 valence electrons. The molecule has 0 spiro atoms. The molecule has 1 aromatic rings. The van der Waals surface area contributed by atoms with E-state index in [0.29, 0.717) is 6.04 Å². The molecule has 0 aromatic carbocycles. The lowest BCUT2D eigenvalue weighted by Crippen LogP contribution is -2.29. The first-order valence-electron chi connectivity index (χ1n) is 7.17. The summed E-state index contributed by atoms with van der Waals surface area (Å²) in [5.41, 5.74) is 2.08. The number of nitrogens with zero attached hydrogens (tertiary/aromatic N) is 2. The second-order valence-corrected chi connectivity index (χ2v) is 5.61.